The van der Waals surface area contributed by atoms with Crippen molar-refractivity contribution in [2.45, 2.75) is 31.8 Å². The van der Waals surface area contributed by atoms with Gasteiger partial charge in [-0.2, -0.15) is 0 Å². The zero-order valence-corrected chi connectivity index (χ0v) is 12.1. The van der Waals surface area contributed by atoms with Gasteiger partial charge in [0, 0.05) is 4.90 Å². The third-order valence-electron chi connectivity index (χ3n) is 2.92. The number of hydrogen-bond donors (Lipinski definition) is 1. The van der Waals surface area contributed by atoms with Gasteiger partial charge in [-0.15, -0.1) is 11.8 Å². The molecule has 1 aromatic carbocycles. The van der Waals surface area contributed by atoms with E-state index in [0.717, 1.165) is 10.5 Å². The van der Waals surface area contributed by atoms with Crippen LogP contribution in [0.15, 0.2) is 29.2 Å². The lowest BCUT2D eigenvalue weighted by atomic mass is 9.83. The van der Waals surface area contributed by atoms with E-state index in [0.29, 0.717) is 6.61 Å². The van der Waals surface area contributed by atoms with Crippen molar-refractivity contribution in [2.24, 2.45) is 5.41 Å². The van der Waals surface area contributed by atoms with Gasteiger partial charge in [0.05, 0.1) is 18.1 Å². The quantitative estimate of drug-likeness (QED) is 0.658. The maximum absolute atomic E-state index is 11.8. The Bertz CT molecular complexity index is 398. The first-order valence-corrected chi connectivity index (χ1v) is 7.15. The van der Waals surface area contributed by atoms with Gasteiger partial charge in [-0.1, -0.05) is 12.1 Å². The maximum atomic E-state index is 11.8. The second-order valence-electron chi connectivity index (χ2n) is 4.62. The summed E-state index contributed by atoms with van der Waals surface area (Å²) in [5, 5.41) is 10.3. The molecule has 0 aliphatic rings. The first-order valence-electron chi connectivity index (χ1n) is 5.92. The number of aliphatic hydroxyl groups excluding tert-OH is 1. The molecule has 1 N–H and O–H groups in total. The first kappa shape index (κ1) is 15.1. The Morgan fingerprint density at radius 2 is 1.94 bits per heavy atom. The van der Waals surface area contributed by atoms with Gasteiger partial charge >= 0.3 is 5.97 Å². The van der Waals surface area contributed by atoms with Gasteiger partial charge in [0.15, 0.2) is 0 Å². The van der Waals surface area contributed by atoms with E-state index >= 15 is 0 Å². The highest BCUT2D eigenvalue weighted by Gasteiger charge is 2.38. The Morgan fingerprint density at radius 1 is 1.39 bits per heavy atom. The third kappa shape index (κ3) is 3.27. The van der Waals surface area contributed by atoms with Crippen molar-refractivity contribution in [3.63, 3.8) is 0 Å². The fourth-order valence-corrected chi connectivity index (χ4v) is 2.04. The van der Waals surface area contributed by atoms with E-state index in [2.05, 4.69) is 0 Å². The topological polar surface area (TPSA) is 46.5 Å². The first-order chi connectivity index (χ1) is 8.43. The summed E-state index contributed by atoms with van der Waals surface area (Å²) >= 11 is 1.64. The van der Waals surface area contributed by atoms with Crippen molar-refractivity contribution in [3.05, 3.63) is 29.8 Å². The SMILES string of the molecule is CCOC(=O)C(C)(C)C(O)c1ccc(SC)cc1. The summed E-state index contributed by atoms with van der Waals surface area (Å²) in [5.41, 5.74) is -0.220. The summed E-state index contributed by atoms with van der Waals surface area (Å²) in [6.45, 7) is 5.46. The molecule has 0 aromatic heterocycles. The third-order valence-corrected chi connectivity index (χ3v) is 3.66. The molecule has 0 amide bonds. The number of hydrogen-bond acceptors (Lipinski definition) is 4. The summed E-state index contributed by atoms with van der Waals surface area (Å²) < 4.78 is 4.99. The Labute approximate surface area is 113 Å². The smallest absolute Gasteiger partial charge is 0.314 e. The number of carbonyl (C=O) groups excluding carboxylic acids is 1. The molecule has 0 radical (unpaired) electrons. The molecule has 0 fully saturated rings. The second kappa shape index (κ2) is 6.25. The van der Waals surface area contributed by atoms with Crippen LogP contribution in [0.5, 0.6) is 0 Å². The van der Waals surface area contributed by atoms with Gasteiger partial charge in [0.25, 0.3) is 0 Å². The Morgan fingerprint density at radius 3 is 2.39 bits per heavy atom. The van der Waals surface area contributed by atoms with Crippen LogP contribution in [-0.4, -0.2) is 23.9 Å². The van der Waals surface area contributed by atoms with Crippen LogP contribution >= 0.6 is 11.8 Å². The highest BCUT2D eigenvalue weighted by molar-refractivity contribution is 7.98. The standard InChI is InChI=1S/C14H20O3S/c1-5-17-13(16)14(2,3)12(15)10-6-8-11(18-4)9-7-10/h6-9,12,15H,5H2,1-4H3. The van der Waals surface area contributed by atoms with Crippen molar-refractivity contribution in [1.82, 2.24) is 0 Å². The molecule has 0 heterocycles. The number of ether oxygens (including phenoxy) is 1. The van der Waals surface area contributed by atoms with Gasteiger partial charge in [0.1, 0.15) is 0 Å². The minimum atomic E-state index is -0.948. The van der Waals surface area contributed by atoms with Crippen LogP contribution in [0.3, 0.4) is 0 Å². The van der Waals surface area contributed by atoms with E-state index in [4.69, 9.17) is 4.74 Å². The van der Waals surface area contributed by atoms with Crippen LogP contribution in [0.1, 0.15) is 32.4 Å². The lowest BCUT2D eigenvalue weighted by Gasteiger charge is -2.28. The molecule has 1 unspecified atom stereocenters. The van der Waals surface area contributed by atoms with Crippen molar-refractivity contribution in [2.75, 3.05) is 12.9 Å². The van der Waals surface area contributed by atoms with Crippen molar-refractivity contribution >= 4 is 17.7 Å². The lowest BCUT2D eigenvalue weighted by Crippen LogP contribution is -2.33. The molecular weight excluding hydrogens is 248 g/mol. The van der Waals surface area contributed by atoms with E-state index < -0.39 is 11.5 Å². The molecule has 4 heteroatoms. The molecular formula is C14H20O3S. The van der Waals surface area contributed by atoms with Crippen molar-refractivity contribution < 1.29 is 14.6 Å². The zero-order valence-electron chi connectivity index (χ0n) is 11.3. The van der Waals surface area contributed by atoms with Crippen LogP contribution < -0.4 is 0 Å². The monoisotopic (exact) mass is 268 g/mol. The second-order valence-corrected chi connectivity index (χ2v) is 5.50. The van der Waals surface area contributed by atoms with Gasteiger partial charge in [-0.25, -0.2) is 0 Å². The minimum Gasteiger partial charge on any atom is -0.465 e. The molecule has 0 bridgehead atoms. The minimum absolute atomic E-state index is 0.320. The Balaban J connectivity index is 2.90. The molecule has 1 rings (SSSR count). The fourth-order valence-electron chi connectivity index (χ4n) is 1.63. The van der Waals surface area contributed by atoms with Gasteiger partial charge in [0.2, 0.25) is 0 Å². The molecule has 0 saturated heterocycles. The van der Waals surface area contributed by atoms with Crippen LogP contribution in [0, 0.1) is 5.41 Å². The summed E-state index contributed by atoms with van der Waals surface area (Å²) in [5.74, 6) is -0.383. The van der Waals surface area contributed by atoms with Gasteiger partial charge < -0.3 is 9.84 Å². The highest BCUT2D eigenvalue weighted by atomic mass is 32.2. The molecule has 0 aliphatic heterocycles. The summed E-state index contributed by atoms with van der Waals surface area (Å²) in [4.78, 5) is 12.9. The van der Waals surface area contributed by atoms with E-state index in [-0.39, 0.29) is 5.97 Å². The largest absolute Gasteiger partial charge is 0.465 e. The Kier molecular flexibility index (Phi) is 5.23. The van der Waals surface area contributed by atoms with E-state index in [1.165, 1.54) is 0 Å². The average molecular weight is 268 g/mol. The van der Waals surface area contributed by atoms with E-state index in [1.54, 1.807) is 32.5 Å². The number of esters is 1. The summed E-state index contributed by atoms with van der Waals surface area (Å²) in [6.07, 6.45) is 1.13. The molecule has 1 aromatic rings. The van der Waals surface area contributed by atoms with Crippen molar-refractivity contribution in [1.29, 1.82) is 0 Å². The average Bonchev–Trinajstić information content (AvgIpc) is 2.38. The predicted molar refractivity (Wildman–Crippen MR) is 73.6 cm³/mol. The fraction of sp³-hybridized carbons (Fsp3) is 0.500. The van der Waals surface area contributed by atoms with Gasteiger partial charge in [-0.05, 0) is 44.7 Å². The molecule has 1 atom stereocenters. The van der Waals surface area contributed by atoms with E-state index in [1.807, 2.05) is 30.5 Å². The number of aliphatic hydroxyl groups is 1. The molecule has 0 saturated carbocycles. The highest BCUT2D eigenvalue weighted by Crippen LogP contribution is 2.35. The predicted octanol–water partition coefficient (Wildman–Crippen LogP) is 3.03. The number of rotatable bonds is 5. The maximum Gasteiger partial charge on any atom is 0.314 e. The molecule has 3 nitrogen and oxygen atoms in total. The molecule has 0 spiro atoms. The van der Waals surface area contributed by atoms with Crippen LogP contribution in [0.4, 0.5) is 0 Å². The number of thioether (sulfide) groups is 1. The summed E-state index contributed by atoms with van der Waals surface area (Å²) in [7, 11) is 0. The van der Waals surface area contributed by atoms with Crippen LogP contribution in [-0.2, 0) is 9.53 Å². The number of benzene rings is 1. The van der Waals surface area contributed by atoms with Crippen LogP contribution in [0.2, 0.25) is 0 Å². The Hall–Kier alpha value is -1.00. The zero-order chi connectivity index (χ0) is 13.8. The van der Waals surface area contributed by atoms with Crippen LogP contribution in [0.25, 0.3) is 0 Å². The number of carbonyl (C=O) groups is 1. The van der Waals surface area contributed by atoms with Gasteiger partial charge in [-0.3, -0.25) is 4.79 Å². The normalized spacial score (nSPS) is 13.2. The van der Waals surface area contributed by atoms with Crippen molar-refractivity contribution in [3.8, 4) is 0 Å². The summed E-state index contributed by atoms with van der Waals surface area (Å²) in [6, 6.07) is 7.56. The van der Waals surface area contributed by atoms with E-state index in [9.17, 15) is 9.90 Å². The lowest BCUT2D eigenvalue weighted by molar-refractivity contribution is -0.160. The molecule has 0 aliphatic carbocycles. The molecule has 18 heavy (non-hydrogen) atoms. The molecule has 100 valence electrons.